The Morgan fingerprint density at radius 3 is 2.37 bits per heavy atom. The Morgan fingerprint density at radius 1 is 1.00 bits per heavy atom. The molecule has 1 saturated heterocycles. The Kier molecular flexibility index (Phi) is 6.19. The zero-order valence-electron chi connectivity index (χ0n) is 14.3. The first kappa shape index (κ1) is 19.5. The maximum Gasteiger partial charge on any atom is 0.340 e. The predicted octanol–water partition coefficient (Wildman–Crippen LogP) is 3.64. The van der Waals surface area contributed by atoms with Crippen LogP contribution in [-0.2, 0) is 9.53 Å². The van der Waals surface area contributed by atoms with Gasteiger partial charge < -0.3 is 14.5 Å². The summed E-state index contributed by atoms with van der Waals surface area (Å²) in [4.78, 5) is 28.0. The number of carbonyl (C=O) groups is 2. The van der Waals surface area contributed by atoms with E-state index in [9.17, 15) is 14.0 Å². The first-order valence-corrected chi connectivity index (χ1v) is 9.10. The number of carbonyl (C=O) groups excluding carboxylic acids is 2. The molecule has 1 aliphatic rings. The summed E-state index contributed by atoms with van der Waals surface area (Å²) in [6.07, 6.45) is 0. The van der Waals surface area contributed by atoms with Gasteiger partial charge in [-0.15, -0.1) is 0 Å². The van der Waals surface area contributed by atoms with Crippen LogP contribution in [0, 0.1) is 5.82 Å². The Bertz CT molecular complexity index is 855. The number of rotatable bonds is 4. The third kappa shape index (κ3) is 4.70. The van der Waals surface area contributed by atoms with Crippen molar-refractivity contribution in [3.8, 4) is 0 Å². The summed E-state index contributed by atoms with van der Waals surface area (Å²) in [6.45, 7) is 1.87. The largest absolute Gasteiger partial charge is 0.452 e. The highest BCUT2D eigenvalue weighted by molar-refractivity contribution is 6.33. The average molecular weight is 411 g/mol. The maximum absolute atomic E-state index is 13.0. The smallest absolute Gasteiger partial charge is 0.340 e. The molecule has 5 nitrogen and oxygen atoms in total. The SMILES string of the molecule is O=C(OCC(=O)N1CCN(c2ccccc2Cl)CC1)c1ccc(F)cc1Cl. The Balaban J connectivity index is 1.51. The van der Waals surface area contributed by atoms with Gasteiger partial charge >= 0.3 is 5.97 Å². The van der Waals surface area contributed by atoms with Gasteiger partial charge in [-0.2, -0.15) is 0 Å². The molecule has 0 aromatic heterocycles. The molecule has 0 saturated carbocycles. The van der Waals surface area contributed by atoms with Crippen molar-refractivity contribution in [2.75, 3.05) is 37.7 Å². The standard InChI is InChI=1S/C19H17Cl2FN2O3/c20-15-3-1-2-4-17(15)23-7-9-24(10-8-23)18(25)12-27-19(26)14-6-5-13(22)11-16(14)21/h1-6,11H,7-10,12H2. The van der Waals surface area contributed by atoms with Crippen molar-refractivity contribution in [3.05, 3.63) is 63.9 Å². The van der Waals surface area contributed by atoms with Crippen LogP contribution in [0.5, 0.6) is 0 Å². The fraction of sp³-hybridized carbons (Fsp3) is 0.263. The number of benzene rings is 2. The number of anilines is 1. The van der Waals surface area contributed by atoms with E-state index < -0.39 is 18.4 Å². The second-order valence-electron chi connectivity index (χ2n) is 6.02. The highest BCUT2D eigenvalue weighted by Gasteiger charge is 2.23. The van der Waals surface area contributed by atoms with Crippen molar-refractivity contribution in [2.24, 2.45) is 0 Å². The minimum absolute atomic E-state index is 0.0226. The lowest BCUT2D eigenvalue weighted by Gasteiger charge is -2.36. The molecule has 1 aliphatic heterocycles. The molecule has 2 aromatic carbocycles. The first-order valence-electron chi connectivity index (χ1n) is 8.35. The summed E-state index contributed by atoms with van der Waals surface area (Å²) in [7, 11) is 0. The van der Waals surface area contributed by atoms with Gasteiger partial charge in [0, 0.05) is 26.2 Å². The zero-order chi connectivity index (χ0) is 19.4. The van der Waals surface area contributed by atoms with Crippen molar-refractivity contribution in [1.29, 1.82) is 0 Å². The molecule has 0 spiro atoms. The Hall–Kier alpha value is -2.31. The van der Waals surface area contributed by atoms with E-state index in [2.05, 4.69) is 4.90 Å². The molecule has 0 N–H and O–H groups in total. The van der Waals surface area contributed by atoms with Gasteiger partial charge in [0.15, 0.2) is 6.61 Å². The first-order chi connectivity index (χ1) is 13.0. The van der Waals surface area contributed by atoms with Gasteiger partial charge in [0.05, 0.1) is 21.3 Å². The van der Waals surface area contributed by atoms with Crippen LogP contribution < -0.4 is 4.90 Å². The maximum atomic E-state index is 13.0. The monoisotopic (exact) mass is 410 g/mol. The van der Waals surface area contributed by atoms with Crippen molar-refractivity contribution >= 4 is 40.8 Å². The summed E-state index contributed by atoms with van der Waals surface area (Å²) in [5, 5.41) is 0.614. The Morgan fingerprint density at radius 2 is 1.70 bits per heavy atom. The Labute approximate surface area is 166 Å². The highest BCUT2D eigenvalue weighted by Crippen LogP contribution is 2.26. The molecule has 0 aliphatic carbocycles. The van der Waals surface area contributed by atoms with E-state index in [1.165, 1.54) is 6.07 Å². The molecule has 27 heavy (non-hydrogen) atoms. The van der Waals surface area contributed by atoms with Crippen LogP contribution in [0.1, 0.15) is 10.4 Å². The lowest BCUT2D eigenvalue weighted by molar-refractivity contribution is -0.134. The van der Waals surface area contributed by atoms with Crippen LogP contribution in [0.2, 0.25) is 10.0 Å². The van der Waals surface area contributed by atoms with Gasteiger partial charge in [0.1, 0.15) is 5.82 Å². The number of halogens is 3. The fourth-order valence-corrected chi connectivity index (χ4v) is 3.36. The number of para-hydroxylation sites is 1. The predicted molar refractivity (Wildman–Crippen MR) is 102 cm³/mol. The summed E-state index contributed by atoms with van der Waals surface area (Å²) in [6, 6.07) is 10.9. The van der Waals surface area contributed by atoms with Crippen LogP contribution in [0.3, 0.4) is 0 Å². The third-order valence-corrected chi connectivity index (χ3v) is 4.94. The van der Waals surface area contributed by atoms with Crippen LogP contribution in [-0.4, -0.2) is 49.6 Å². The van der Waals surface area contributed by atoms with Crippen molar-refractivity contribution < 1.29 is 18.7 Å². The van der Waals surface area contributed by atoms with Crippen molar-refractivity contribution in [3.63, 3.8) is 0 Å². The van der Waals surface area contributed by atoms with E-state index in [1.54, 1.807) is 4.90 Å². The lowest BCUT2D eigenvalue weighted by atomic mass is 10.2. The molecule has 0 unspecified atom stereocenters. The average Bonchev–Trinajstić information content (AvgIpc) is 2.66. The number of ether oxygens (including phenoxy) is 1. The number of esters is 1. The van der Waals surface area contributed by atoms with Crippen molar-refractivity contribution in [2.45, 2.75) is 0 Å². The van der Waals surface area contributed by atoms with E-state index in [4.69, 9.17) is 27.9 Å². The van der Waals surface area contributed by atoms with E-state index >= 15 is 0 Å². The molecule has 0 atom stereocenters. The summed E-state index contributed by atoms with van der Waals surface area (Å²) in [5.74, 6) is -1.60. The molecule has 0 bridgehead atoms. The second kappa shape index (κ2) is 8.59. The molecule has 2 aromatic rings. The molecule has 8 heteroatoms. The minimum atomic E-state index is -0.761. The van der Waals surface area contributed by atoms with Crippen molar-refractivity contribution in [1.82, 2.24) is 4.90 Å². The van der Waals surface area contributed by atoms with E-state index in [0.717, 1.165) is 17.8 Å². The van der Waals surface area contributed by atoms with Crippen LogP contribution in [0.15, 0.2) is 42.5 Å². The normalized spacial score (nSPS) is 14.2. The number of hydrogen-bond donors (Lipinski definition) is 0. The van der Waals surface area contributed by atoms with E-state index in [-0.39, 0.29) is 16.5 Å². The quantitative estimate of drug-likeness (QED) is 0.721. The van der Waals surface area contributed by atoms with Gasteiger partial charge in [-0.1, -0.05) is 35.3 Å². The summed E-state index contributed by atoms with van der Waals surface area (Å²) >= 11 is 12.0. The van der Waals surface area contributed by atoms with Gasteiger partial charge in [-0.05, 0) is 30.3 Å². The van der Waals surface area contributed by atoms with Crippen LogP contribution in [0.25, 0.3) is 0 Å². The van der Waals surface area contributed by atoms with Gasteiger partial charge in [-0.25, -0.2) is 9.18 Å². The number of piperazine rings is 1. The number of nitrogens with zero attached hydrogens (tertiary/aromatic N) is 2. The molecule has 1 heterocycles. The molecular formula is C19H17Cl2FN2O3. The highest BCUT2D eigenvalue weighted by atomic mass is 35.5. The number of hydrogen-bond acceptors (Lipinski definition) is 4. The van der Waals surface area contributed by atoms with E-state index in [0.29, 0.717) is 31.2 Å². The third-order valence-electron chi connectivity index (χ3n) is 4.30. The zero-order valence-corrected chi connectivity index (χ0v) is 15.8. The van der Waals surface area contributed by atoms with Crippen LogP contribution >= 0.6 is 23.2 Å². The molecule has 0 radical (unpaired) electrons. The number of amides is 1. The molecule has 1 fully saturated rings. The summed E-state index contributed by atoms with van der Waals surface area (Å²) < 4.78 is 18.1. The van der Waals surface area contributed by atoms with Crippen LogP contribution in [0.4, 0.5) is 10.1 Å². The molecule has 1 amide bonds. The lowest BCUT2D eigenvalue weighted by Crippen LogP contribution is -2.50. The van der Waals surface area contributed by atoms with Gasteiger partial charge in [-0.3, -0.25) is 4.79 Å². The van der Waals surface area contributed by atoms with Gasteiger partial charge in [0.2, 0.25) is 0 Å². The minimum Gasteiger partial charge on any atom is -0.452 e. The molecular weight excluding hydrogens is 394 g/mol. The molecule has 142 valence electrons. The molecule has 3 rings (SSSR count). The summed E-state index contributed by atoms with van der Waals surface area (Å²) in [5.41, 5.74) is 0.957. The van der Waals surface area contributed by atoms with E-state index in [1.807, 2.05) is 24.3 Å². The fourth-order valence-electron chi connectivity index (χ4n) is 2.86. The topological polar surface area (TPSA) is 49.9 Å². The van der Waals surface area contributed by atoms with Gasteiger partial charge in [0.25, 0.3) is 5.91 Å². The second-order valence-corrected chi connectivity index (χ2v) is 6.83.